The van der Waals surface area contributed by atoms with Gasteiger partial charge in [-0.3, -0.25) is 4.79 Å². The predicted octanol–water partition coefficient (Wildman–Crippen LogP) is 0.993. The van der Waals surface area contributed by atoms with Gasteiger partial charge < -0.3 is 16.0 Å². The predicted molar refractivity (Wildman–Crippen MR) is 98.2 cm³/mol. The lowest BCUT2D eigenvalue weighted by Gasteiger charge is -2.12. The molecule has 0 radical (unpaired) electrons. The number of nitrogens with zero attached hydrogens (tertiary/aromatic N) is 1. The molecule has 0 amide bonds. The molecule has 6 heteroatoms. The van der Waals surface area contributed by atoms with E-state index in [0.29, 0.717) is 6.54 Å². The largest absolute Gasteiger partial charge is 0.398 e. The minimum atomic E-state index is -0.0640. The number of aryl methyl sites for hydroxylation is 2. The van der Waals surface area contributed by atoms with Crippen LogP contribution < -0.4 is 22.1 Å². The molecule has 4 N–H and O–H groups in total. The second-order valence-electron chi connectivity index (χ2n) is 5.91. The number of nitrogens with two attached hydrogens (primary N) is 1. The first-order valence-electron chi connectivity index (χ1n) is 7.54. The lowest BCUT2D eigenvalue weighted by Crippen LogP contribution is -2.19. The fourth-order valence-corrected chi connectivity index (χ4v) is 2.88. The highest BCUT2D eigenvalue weighted by molar-refractivity contribution is 6.34. The lowest BCUT2D eigenvalue weighted by molar-refractivity contribution is 1.01. The van der Waals surface area contributed by atoms with Gasteiger partial charge in [0, 0.05) is 40.5 Å². The van der Waals surface area contributed by atoms with Crippen molar-refractivity contribution < 1.29 is 0 Å². The van der Waals surface area contributed by atoms with Gasteiger partial charge >= 0.3 is 0 Å². The summed E-state index contributed by atoms with van der Waals surface area (Å²) in [6.07, 6.45) is 1.72. The Balaban J connectivity index is 1.99. The zero-order chi connectivity index (χ0) is 16.6. The first-order valence-corrected chi connectivity index (χ1v) is 7.54. The van der Waals surface area contributed by atoms with Gasteiger partial charge in [-0.1, -0.05) is 11.5 Å². The van der Waals surface area contributed by atoms with Crippen LogP contribution in [0.3, 0.4) is 0 Å². The molecule has 0 fully saturated rings. The fourth-order valence-electron chi connectivity index (χ4n) is 2.88. The van der Waals surface area contributed by atoms with Crippen molar-refractivity contribution >= 4 is 35.6 Å². The number of fused-ring (bicyclic) bond motifs is 1. The van der Waals surface area contributed by atoms with Crippen molar-refractivity contribution in [3.63, 3.8) is 0 Å². The monoisotopic (exact) mass is 306 g/mol. The summed E-state index contributed by atoms with van der Waals surface area (Å²) in [6.45, 7) is 4.24. The van der Waals surface area contributed by atoms with Crippen LogP contribution in [-0.4, -0.2) is 17.8 Å². The van der Waals surface area contributed by atoms with E-state index in [9.17, 15) is 4.79 Å². The highest BCUT2D eigenvalue weighted by Gasteiger charge is 2.09. The van der Waals surface area contributed by atoms with Crippen molar-refractivity contribution in [1.29, 1.82) is 0 Å². The van der Waals surface area contributed by atoms with Gasteiger partial charge in [0.15, 0.2) is 0 Å². The normalized spacial score (nSPS) is 10.9. The van der Waals surface area contributed by atoms with Crippen LogP contribution in [0.5, 0.6) is 0 Å². The van der Waals surface area contributed by atoms with Crippen molar-refractivity contribution in [2.45, 2.75) is 20.4 Å². The number of rotatable bonds is 3. The van der Waals surface area contributed by atoms with E-state index in [0.717, 1.165) is 44.6 Å². The first-order chi connectivity index (χ1) is 11.0. The van der Waals surface area contributed by atoms with Crippen LogP contribution in [0, 0.1) is 13.8 Å². The van der Waals surface area contributed by atoms with E-state index in [1.807, 2.05) is 46.0 Å². The van der Waals surface area contributed by atoms with Crippen LogP contribution in [-0.2, 0) is 6.54 Å². The van der Waals surface area contributed by atoms with E-state index < -0.39 is 0 Å². The summed E-state index contributed by atoms with van der Waals surface area (Å²) in [5.74, 6) is 0.734. The summed E-state index contributed by atoms with van der Waals surface area (Å²) < 4.78 is 0. The SMILES string of the molecule is Bc1cc(N)c2ccnc(NCc3c(C)cc(C)[nH]c3=O)c2c1. The Bertz CT molecular complexity index is 949. The van der Waals surface area contributed by atoms with E-state index in [2.05, 4.69) is 15.3 Å². The van der Waals surface area contributed by atoms with Gasteiger partial charge in [-0.25, -0.2) is 4.98 Å². The van der Waals surface area contributed by atoms with Gasteiger partial charge in [0.05, 0.1) is 0 Å². The Morgan fingerprint density at radius 2 is 2.04 bits per heavy atom. The van der Waals surface area contributed by atoms with E-state index in [4.69, 9.17) is 5.73 Å². The molecule has 0 atom stereocenters. The molecule has 3 aromatic rings. The van der Waals surface area contributed by atoms with Crippen molar-refractivity contribution in [1.82, 2.24) is 9.97 Å². The Hall–Kier alpha value is -2.76. The van der Waals surface area contributed by atoms with Crippen LogP contribution in [0.1, 0.15) is 16.8 Å². The topological polar surface area (TPSA) is 83.8 Å². The standard InChI is InChI=1S/C17H19BN4O/c1-9-5-10(2)22-17(23)14(9)8-21-16-13-6-11(18)7-15(19)12(13)3-4-20-16/h3-7H,8,18-19H2,1-2H3,(H,20,21)(H,22,23). The van der Waals surface area contributed by atoms with Crippen molar-refractivity contribution in [2.75, 3.05) is 11.1 Å². The Morgan fingerprint density at radius 1 is 1.26 bits per heavy atom. The van der Waals surface area contributed by atoms with E-state index in [1.165, 1.54) is 0 Å². The minimum Gasteiger partial charge on any atom is -0.398 e. The number of hydrogen-bond donors (Lipinski definition) is 3. The number of benzene rings is 1. The quantitative estimate of drug-likeness (QED) is 0.498. The number of aromatic nitrogens is 2. The zero-order valence-electron chi connectivity index (χ0n) is 13.5. The van der Waals surface area contributed by atoms with Crippen LogP contribution >= 0.6 is 0 Å². The van der Waals surface area contributed by atoms with Gasteiger partial charge in [-0.05, 0) is 37.6 Å². The molecule has 0 saturated carbocycles. The molecule has 2 aromatic heterocycles. The number of hydrogen-bond acceptors (Lipinski definition) is 4. The van der Waals surface area contributed by atoms with Crippen molar-refractivity contribution in [2.24, 2.45) is 0 Å². The summed E-state index contributed by atoms with van der Waals surface area (Å²) in [6, 6.07) is 7.87. The highest BCUT2D eigenvalue weighted by Crippen LogP contribution is 2.25. The molecule has 0 spiro atoms. The maximum atomic E-state index is 12.1. The Kier molecular flexibility index (Phi) is 3.82. The van der Waals surface area contributed by atoms with Gasteiger partial charge in [0.1, 0.15) is 13.7 Å². The summed E-state index contributed by atoms with van der Waals surface area (Å²) in [7, 11) is 2.00. The van der Waals surface area contributed by atoms with E-state index in [1.54, 1.807) is 6.20 Å². The third-order valence-corrected chi connectivity index (χ3v) is 3.98. The van der Waals surface area contributed by atoms with Crippen molar-refractivity contribution in [3.8, 4) is 0 Å². The van der Waals surface area contributed by atoms with Crippen LogP contribution in [0.4, 0.5) is 11.5 Å². The van der Waals surface area contributed by atoms with Gasteiger partial charge in [0.2, 0.25) is 0 Å². The average molecular weight is 306 g/mol. The molecule has 23 heavy (non-hydrogen) atoms. The molecular formula is C17H19BN4O. The third-order valence-electron chi connectivity index (χ3n) is 3.98. The molecular weight excluding hydrogens is 287 g/mol. The molecule has 5 nitrogen and oxygen atoms in total. The van der Waals surface area contributed by atoms with Crippen molar-refractivity contribution in [3.05, 3.63) is 57.6 Å². The molecule has 0 aliphatic heterocycles. The molecule has 2 heterocycles. The summed E-state index contributed by atoms with van der Waals surface area (Å²) in [5.41, 5.74) is 10.4. The molecule has 0 aliphatic carbocycles. The zero-order valence-corrected chi connectivity index (χ0v) is 13.5. The Labute approximate surface area is 135 Å². The van der Waals surface area contributed by atoms with Gasteiger partial charge in [-0.2, -0.15) is 0 Å². The molecule has 116 valence electrons. The molecule has 0 bridgehead atoms. The second kappa shape index (κ2) is 5.80. The van der Waals surface area contributed by atoms with Gasteiger partial charge in [-0.15, -0.1) is 0 Å². The van der Waals surface area contributed by atoms with Gasteiger partial charge in [0.25, 0.3) is 5.56 Å². The second-order valence-corrected chi connectivity index (χ2v) is 5.91. The first kappa shape index (κ1) is 15.2. The summed E-state index contributed by atoms with van der Waals surface area (Å²) in [5, 5.41) is 5.20. The number of H-pyrrole nitrogens is 1. The number of anilines is 2. The molecule has 3 rings (SSSR count). The maximum absolute atomic E-state index is 12.1. The van der Waals surface area contributed by atoms with Crippen LogP contribution in [0.25, 0.3) is 10.8 Å². The number of nitrogen functional groups attached to an aromatic ring is 1. The summed E-state index contributed by atoms with van der Waals surface area (Å²) >= 11 is 0. The minimum absolute atomic E-state index is 0.0640. The fraction of sp³-hybridized carbons (Fsp3) is 0.176. The highest BCUT2D eigenvalue weighted by atomic mass is 16.1. The van der Waals surface area contributed by atoms with E-state index in [-0.39, 0.29) is 5.56 Å². The maximum Gasteiger partial charge on any atom is 0.253 e. The molecule has 1 aromatic carbocycles. The average Bonchev–Trinajstić information content (AvgIpc) is 2.46. The van der Waals surface area contributed by atoms with Crippen LogP contribution in [0.2, 0.25) is 0 Å². The molecule has 0 unspecified atom stereocenters. The lowest BCUT2D eigenvalue weighted by atomic mass is 9.92. The van der Waals surface area contributed by atoms with E-state index >= 15 is 0 Å². The number of nitrogens with one attached hydrogen (secondary N) is 2. The third kappa shape index (κ3) is 2.92. The Morgan fingerprint density at radius 3 is 2.78 bits per heavy atom. The van der Waals surface area contributed by atoms with Crippen LogP contribution in [0.15, 0.2) is 35.3 Å². The molecule has 0 aliphatic rings. The number of aromatic amines is 1. The smallest absolute Gasteiger partial charge is 0.253 e. The molecule has 0 saturated heterocycles. The summed E-state index contributed by atoms with van der Waals surface area (Å²) in [4.78, 5) is 19.4. The number of pyridine rings is 2.